The molecule has 0 aliphatic rings. The van der Waals surface area contributed by atoms with Crippen LogP contribution in [-0.2, 0) is 22.6 Å². The van der Waals surface area contributed by atoms with Crippen molar-refractivity contribution in [1.82, 2.24) is 10.2 Å². The second kappa shape index (κ2) is 6.20. The zero-order chi connectivity index (χ0) is 14.5. The van der Waals surface area contributed by atoms with Gasteiger partial charge in [0.25, 0.3) is 0 Å². The Balaban J connectivity index is 2.01. The van der Waals surface area contributed by atoms with Crippen LogP contribution in [0.1, 0.15) is 17.3 Å². The summed E-state index contributed by atoms with van der Waals surface area (Å²) in [7, 11) is 0. The van der Waals surface area contributed by atoms with Gasteiger partial charge in [0, 0.05) is 5.56 Å². The summed E-state index contributed by atoms with van der Waals surface area (Å²) in [6, 6.07) is 3.52. The maximum Gasteiger partial charge on any atom is 0.329 e. The van der Waals surface area contributed by atoms with Gasteiger partial charge in [-0.2, -0.15) is 0 Å². The van der Waals surface area contributed by atoms with E-state index in [4.69, 9.17) is 14.3 Å². The van der Waals surface area contributed by atoms with Crippen molar-refractivity contribution in [1.29, 1.82) is 0 Å². The van der Waals surface area contributed by atoms with Gasteiger partial charge in [0.05, 0.1) is 6.42 Å². The van der Waals surface area contributed by atoms with Crippen LogP contribution >= 0.6 is 0 Å². The van der Waals surface area contributed by atoms with Crippen molar-refractivity contribution in [3.63, 3.8) is 0 Å². The van der Waals surface area contributed by atoms with Crippen molar-refractivity contribution in [3.8, 4) is 0 Å². The molecule has 1 heterocycles. The molecular formula is C12H10F2N2O4. The van der Waals surface area contributed by atoms with E-state index < -0.39 is 24.2 Å². The highest BCUT2D eigenvalue weighted by Gasteiger charge is 2.14. The monoisotopic (exact) mass is 284 g/mol. The topological polar surface area (TPSA) is 85.5 Å². The molecule has 0 radical (unpaired) electrons. The molecule has 8 heteroatoms. The standard InChI is InChI=1S/C12H10F2N2O4/c13-8-2-1-3-9(14)7(8)4-10-15-16-11(20-10)5-19-6-12(17)18/h1-3H,4-6H2,(H,17,18). The van der Waals surface area contributed by atoms with Crippen LogP contribution in [0.5, 0.6) is 0 Å². The number of carboxylic acids is 1. The molecule has 0 aliphatic heterocycles. The number of hydrogen-bond donors (Lipinski definition) is 1. The minimum absolute atomic E-state index is 0.0166. The van der Waals surface area contributed by atoms with Crippen molar-refractivity contribution in [3.05, 3.63) is 47.2 Å². The number of halogens is 2. The number of ether oxygens (including phenoxy) is 1. The number of benzene rings is 1. The first-order valence-electron chi connectivity index (χ1n) is 5.60. The highest BCUT2D eigenvalue weighted by Crippen LogP contribution is 2.16. The first-order chi connectivity index (χ1) is 9.56. The van der Waals surface area contributed by atoms with Crippen LogP contribution < -0.4 is 0 Å². The maximum atomic E-state index is 13.4. The fraction of sp³-hybridized carbons (Fsp3) is 0.250. The molecule has 1 aromatic carbocycles. The van der Waals surface area contributed by atoms with Crippen LogP contribution in [0.4, 0.5) is 8.78 Å². The van der Waals surface area contributed by atoms with Crippen molar-refractivity contribution in [2.45, 2.75) is 13.0 Å². The largest absolute Gasteiger partial charge is 0.480 e. The Morgan fingerprint density at radius 3 is 2.55 bits per heavy atom. The van der Waals surface area contributed by atoms with Gasteiger partial charge < -0.3 is 14.3 Å². The lowest BCUT2D eigenvalue weighted by Crippen LogP contribution is -2.06. The molecule has 0 unspecified atom stereocenters. The highest BCUT2D eigenvalue weighted by molar-refractivity contribution is 5.67. The van der Waals surface area contributed by atoms with Gasteiger partial charge in [0.15, 0.2) is 0 Å². The van der Waals surface area contributed by atoms with Gasteiger partial charge in [-0.1, -0.05) is 6.07 Å². The third kappa shape index (κ3) is 3.58. The van der Waals surface area contributed by atoms with Gasteiger partial charge in [-0.3, -0.25) is 0 Å². The molecule has 1 aromatic heterocycles. The number of nitrogens with zero attached hydrogens (tertiary/aromatic N) is 2. The van der Waals surface area contributed by atoms with Crippen LogP contribution in [0.2, 0.25) is 0 Å². The molecule has 0 amide bonds. The Kier molecular flexibility index (Phi) is 4.36. The molecule has 0 saturated carbocycles. The Hall–Kier alpha value is -2.35. The Labute approximate surface area is 112 Å². The molecule has 0 bridgehead atoms. The van der Waals surface area contributed by atoms with E-state index in [-0.39, 0.29) is 30.4 Å². The molecular weight excluding hydrogens is 274 g/mol. The predicted octanol–water partition coefficient (Wildman–Crippen LogP) is 1.54. The number of carboxylic acid groups (broad SMARTS) is 1. The number of carbonyl (C=O) groups is 1. The van der Waals surface area contributed by atoms with Gasteiger partial charge in [0.1, 0.15) is 24.8 Å². The van der Waals surface area contributed by atoms with Gasteiger partial charge in [-0.05, 0) is 12.1 Å². The molecule has 0 spiro atoms. The summed E-state index contributed by atoms with van der Waals surface area (Å²) in [6.07, 6.45) is -0.190. The number of hydrogen-bond acceptors (Lipinski definition) is 5. The summed E-state index contributed by atoms with van der Waals surface area (Å²) in [5.74, 6) is -2.47. The molecule has 6 nitrogen and oxygen atoms in total. The molecule has 106 valence electrons. The van der Waals surface area contributed by atoms with E-state index in [0.717, 1.165) is 12.1 Å². The zero-order valence-electron chi connectivity index (χ0n) is 10.2. The van der Waals surface area contributed by atoms with E-state index in [1.165, 1.54) is 6.07 Å². The molecule has 2 aromatic rings. The van der Waals surface area contributed by atoms with E-state index in [2.05, 4.69) is 10.2 Å². The second-order valence-electron chi connectivity index (χ2n) is 3.85. The average Bonchev–Trinajstić information content (AvgIpc) is 2.81. The normalized spacial score (nSPS) is 10.7. The Bertz CT molecular complexity index is 595. The molecule has 0 aliphatic carbocycles. The number of rotatable bonds is 6. The molecule has 2 rings (SSSR count). The van der Waals surface area contributed by atoms with E-state index in [0.29, 0.717) is 0 Å². The highest BCUT2D eigenvalue weighted by atomic mass is 19.1. The maximum absolute atomic E-state index is 13.4. The average molecular weight is 284 g/mol. The fourth-order valence-electron chi connectivity index (χ4n) is 1.50. The summed E-state index contributed by atoms with van der Waals surface area (Å²) < 4.78 is 36.7. The summed E-state index contributed by atoms with van der Waals surface area (Å²) in [5.41, 5.74) is -0.172. The predicted molar refractivity (Wildman–Crippen MR) is 60.8 cm³/mol. The van der Waals surface area contributed by atoms with Crippen LogP contribution in [0.15, 0.2) is 22.6 Å². The number of aliphatic carboxylic acids is 1. The summed E-state index contributed by atoms with van der Waals surface area (Å²) >= 11 is 0. The van der Waals surface area contributed by atoms with Gasteiger partial charge >= 0.3 is 5.97 Å². The number of aromatic nitrogens is 2. The van der Waals surface area contributed by atoms with E-state index in [1.807, 2.05) is 0 Å². The molecule has 1 N–H and O–H groups in total. The lowest BCUT2D eigenvalue weighted by molar-refractivity contribution is -0.142. The lowest BCUT2D eigenvalue weighted by atomic mass is 10.1. The minimum atomic E-state index is -1.13. The third-order valence-corrected chi connectivity index (χ3v) is 2.35. The first-order valence-corrected chi connectivity index (χ1v) is 5.60. The minimum Gasteiger partial charge on any atom is -0.480 e. The molecule has 0 atom stereocenters. The van der Waals surface area contributed by atoms with Gasteiger partial charge in [0.2, 0.25) is 11.8 Å². The molecule has 0 fully saturated rings. The molecule has 0 saturated heterocycles. The summed E-state index contributed by atoms with van der Waals surface area (Å²) in [4.78, 5) is 10.2. The quantitative estimate of drug-likeness (QED) is 0.866. The van der Waals surface area contributed by atoms with Crippen molar-refractivity contribution in [2.75, 3.05) is 6.61 Å². The first kappa shape index (κ1) is 14.1. The van der Waals surface area contributed by atoms with Crippen LogP contribution in [0, 0.1) is 11.6 Å². The van der Waals surface area contributed by atoms with Gasteiger partial charge in [-0.25, -0.2) is 13.6 Å². The summed E-state index contributed by atoms with van der Waals surface area (Å²) in [6.45, 7) is -0.682. The van der Waals surface area contributed by atoms with E-state index >= 15 is 0 Å². The van der Waals surface area contributed by atoms with Crippen LogP contribution in [0.3, 0.4) is 0 Å². The van der Waals surface area contributed by atoms with E-state index in [1.54, 1.807) is 0 Å². The van der Waals surface area contributed by atoms with Crippen LogP contribution in [0.25, 0.3) is 0 Å². The Morgan fingerprint density at radius 1 is 1.25 bits per heavy atom. The molecule has 20 heavy (non-hydrogen) atoms. The Morgan fingerprint density at radius 2 is 1.90 bits per heavy atom. The van der Waals surface area contributed by atoms with Crippen molar-refractivity contribution in [2.24, 2.45) is 0 Å². The second-order valence-corrected chi connectivity index (χ2v) is 3.85. The smallest absolute Gasteiger partial charge is 0.329 e. The zero-order valence-corrected chi connectivity index (χ0v) is 10.2. The van der Waals surface area contributed by atoms with Crippen molar-refractivity contribution >= 4 is 5.97 Å². The van der Waals surface area contributed by atoms with E-state index in [9.17, 15) is 13.6 Å². The van der Waals surface area contributed by atoms with Crippen molar-refractivity contribution < 1.29 is 27.8 Å². The lowest BCUT2D eigenvalue weighted by Gasteiger charge is -2.01. The summed E-state index contributed by atoms with van der Waals surface area (Å²) in [5, 5.41) is 15.6. The third-order valence-electron chi connectivity index (χ3n) is 2.35. The van der Waals surface area contributed by atoms with Crippen LogP contribution in [-0.4, -0.2) is 27.9 Å². The SMILES string of the molecule is O=C(O)COCc1nnc(Cc2c(F)cccc2F)o1. The fourth-order valence-corrected chi connectivity index (χ4v) is 1.50. The van der Waals surface area contributed by atoms with Gasteiger partial charge in [-0.15, -0.1) is 10.2 Å².